The molecule has 1 aliphatic carbocycles. The van der Waals surface area contributed by atoms with E-state index < -0.39 is 0 Å². The average molecular weight is 660 g/mol. The smallest absolute Gasteiger partial charge is 0.206 e. The third-order valence-electron chi connectivity index (χ3n) is 4.57. The molecule has 30 heavy (non-hydrogen) atoms. The highest BCUT2D eigenvalue weighted by molar-refractivity contribution is 9.13. The summed E-state index contributed by atoms with van der Waals surface area (Å²) in [5, 5.41) is 10.2. The molecule has 2 aromatic rings. The van der Waals surface area contributed by atoms with Gasteiger partial charge in [0.15, 0.2) is 5.78 Å². The summed E-state index contributed by atoms with van der Waals surface area (Å²) in [6.07, 6.45) is 4.69. The van der Waals surface area contributed by atoms with Crippen molar-refractivity contribution in [1.29, 1.82) is 0 Å². The minimum atomic E-state index is -0.151. The molecule has 0 bridgehead atoms. The van der Waals surface area contributed by atoms with Gasteiger partial charge in [-0.25, -0.2) is 0 Å². The second-order valence-corrected chi connectivity index (χ2v) is 10.1. The molecule has 0 aliphatic heterocycles. The third kappa shape index (κ3) is 4.79. The lowest BCUT2D eigenvalue weighted by atomic mass is 9.86. The first-order valence-corrected chi connectivity index (χ1v) is 12.3. The van der Waals surface area contributed by atoms with E-state index in [1.54, 1.807) is 24.3 Å². The molecule has 0 spiro atoms. The Morgan fingerprint density at radius 1 is 0.933 bits per heavy atom. The van der Waals surface area contributed by atoms with Gasteiger partial charge < -0.3 is 5.11 Å². The van der Waals surface area contributed by atoms with Crippen LogP contribution in [0.25, 0.3) is 5.57 Å². The van der Waals surface area contributed by atoms with Crippen LogP contribution in [0.4, 0.5) is 0 Å². The molecular weight excluding hydrogens is 644 g/mol. The number of hydrogen-bond acceptors (Lipinski definition) is 3. The SMILES string of the molecule is CCCC(=O)c1ccccc1C(=C1C=C(Br)C(=O)C(Br)=C1)c1cc(Br)c(O)c(Br)c1. The molecule has 3 nitrogen and oxygen atoms in total. The highest BCUT2D eigenvalue weighted by atomic mass is 79.9. The molecule has 0 saturated carbocycles. The summed E-state index contributed by atoms with van der Waals surface area (Å²) in [5.41, 5.74) is 3.69. The second kappa shape index (κ2) is 9.90. The van der Waals surface area contributed by atoms with Crippen molar-refractivity contribution >= 4 is 80.9 Å². The van der Waals surface area contributed by atoms with Gasteiger partial charge in [-0.2, -0.15) is 0 Å². The van der Waals surface area contributed by atoms with Crippen LogP contribution in [0.15, 0.2) is 72.0 Å². The van der Waals surface area contributed by atoms with E-state index in [0.29, 0.717) is 29.9 Å². The van der Waals surface area contributed by atoms with E-state index in [1.807, 2.05) is 31.2 Å². The summed E-state index contributed by atoms with van der Waals surface area (Å²) >= 11 is 13.5. The van der Waals surface area contributed by atoms with Crippen molar-refractivity contribution in [2.75, 3.05) is 0 Å². The van der Waals surface area contributed by atoms with Crippen molar-refractivity contribution in [3.8, 4) is 5.75 Å². The number of rotatable bonds is 5. The summed E-state index contributed by atoms with van der Waals surface area (Å²) < 4.78 is 1.86. The number of phenolic OH excluding ortho intramolecular Hbond substituents is 1. The average Bonchev–Trinajstić information content (AvgIpc) is 2.71. The number of allylic oxidation sites excluding steroid dienone is 5. The third-order valence-corrected chi connectivity index (χ3v) is 6.95. The van der Waals surface area contributed by atoms with Gasteiger partial charge in [0.2, 0.25) is 5.78 Å². The van der Waals surface area contributed by atoms with E-state index in [1.165, 1.54) is 0 Å². The first kappa shape index (κ1) is 23.4. The number of ketones is 2. The number of carbonyl (C=O) groups excluding carboxylic acids is 2. The van der Waals surface area contributed by atoms with Crippen LogP contribution in [-0.2, 0) is 4.79 Å². The van der Waals surface area contributed by atoms with Crippen molar-refractivity contribution in [2.24, 2.45) is 0 Å². The largest absolute Gasteiger partial charge is 0.506 e. The Kier molecular flexibility index (Phi) is 7.71. The van der Waals surface area contributed by atoms with E-state index in [2.05, 4.69) is 63.7 Å². The van der Waals surface area contributed by atoms with Crippen LogP contribution in [-0.4, -0.2) is 16.7 Å². The summed E-state index contributed by atoms with van der Waals surface area (Å²) in [7, 11) is 0. The van der Waals surface area contributed by atoms with E-state index in [4.69, 9.17) is 0 Å². The number of Topliss-reactive ketones (excluding diaryl/α,β-unsaturated/α-hetero) is 2. The van der Waals surface area contributed by atoms with Crippen molar-refractivity contribution in [3.05, 3.63) is 88.7 Å². The fourth-order valence-electron chi connectivity index (χ4n) is 3.20. The lowest BCUT2D eigenvalue weighted by molar-refractivity contribution is -0.110. The van der Waals surface area contributed by atoms with E-state index >= 15 is 0 Å². The van der Waals surface area contributed by atoms with Gasteiger partial charge in [0, 0.05) is 12.0 Å². The van der Waals surface area contributed by atoms with Crippen LogP contribution in [0, 0.1) is 0 Å². The van der Waals surface area contributed by atoms with Gasteiger partial charge >= 0.3 is 0 Å². The highest BCUT2D eigenvalue weighted by Crippen LogP contribution is 2.41. The van der Waals surface area contributed by atoms with Crippen LogP contribution in [0.5, 0.6) is 5.75 Å². The minimum Gasteiger partial charge on any atom is -0.506 e. The van der Waals surface area contributed by atoms with Gasteiger partial charge in [0.05, 0.1) is 17.9 Å². The number of hydrogen-bond donors (Lipinski definition) is 1. The summed E-state index contributed by atoms with van der Waals surface area (Å²) in [4.78, 5) is 25.1. The van der Waals surface area contributed by atoms with Crippen molar-refractivity contribution < 1.29 is 14.7 Å². The Morgan fingerprint density at radius 3 is 2.00 bits per heavy atom. The summed E-state index contributed by atoms with van der Waals surface area (Å²) in [6, 6.07) is 11.0. The number of phenols is 1. The fraction of sp³-hybridized carbons (Fsp3) is 0.130. The number of benzene rings is 2. The van der Waals surface area contributed by atoms with E-state index in [0.717, 1.165) is 28.7 Å². The van der Waals surface area contributed by atoms with Crippen LogP contribution in [0.2, 0.25) is 0 Å². The molecule has 2 aromatic carbocycles. The molecule has 154 valence electrons. The molecule has 1 aliphatic rings. The van der Waals surface area contributed by atoms with Crippen LogP contribution < -0.4 is 0 Å². The lowest BCUT2D eigenvalue weighted by Crippen LogP contribution is -2.07. The number of aromatic hydroxyl groups is 1. The van der Waals surface area contributed by atoms with Gasteiger partial charge in [0.1, 0.15) is 5.75 Å². The van der Waals surface area contributed by atoms with E-state index in [-0.39, 0.29) is 17.3 Å². The summed E-state index contributed by atoms with van der Waals surface area (Å²) in [6.45, 7) is 1.97. The second-order valence-electron chi connectivity index (χ2n) is 6.65. The first-order chi connectivity index (χ1) is 14.2. The molecule has 0 heterocycles. The minimum absolute atomic E-state index is 0.0566. The molecule has 1 N–H and O–H groups in total. The maximum absolute atomic E-state index is 12.9. The monoisotopic (exact) mass is 656 g/mol. The normalized spacial score (nSPS) is 13.8. The van der Waals surface area contributed by atoms with Crippen LogP contribution in [0.3, 0.4) is 0 Å². The van der Waals surface area contributed by atoms with Gasteiger partial charge in [-0.3, -0.25) is 9.59 Å². The quantitative estimate of drug-likeness (QED) is 0.333. The highest BCUT2D eigenvalue weighted by Gasteiger charge is 2.23. The molecule has 0 radical (unpaired) electrons. The fourth-order valence-corrected chi connectivity index (χ4v) is 5.57. The number of carbonyl (C=O) groups is 2. The Hall–Kier alpha value is -1.28. The number of halogens is 4. The molecule has 0 aromatic heterocycles. The molecule has 7 heteroatoms. The van der Waals surface area contributed by atoms with Crippen LogP contribution >= 0.6 is 63.7 Å². The van der Waals surface area contributed by atoms with Crippen LogP contribution in [0.1, 0.15) is 41.3 Å². The Balaban J connectivity index is 2.39. The van der Waals surface area contributed by atoms with Crippen molar-refractivity contribution in [3.63, 3.8) is 0 Å². The summed E-state index contributed by atoms with van der Waals surface area (Å²) in [5.74, 6) is -0.00619. The van der Waals surface area contributed by atoms with Crippen molar-refractivity contribution in [1.82, 2.24) is 0 Å². The van der Waals surface area contributed by atoms with Crippen molar-refractivity contribution in [2.45, 2.75) is 19.8 Å². The molecule has 3 rings (SSSR count). The molecule has 0 fully saturated rings. The standard InChI is InChI=1S/C23H16Br4O3/c1-2-5-20(28)14-6-3-4-7-15(14)21(12-8-16(24)22(29)17(25)9-12)13-10-18(26)23(30)19(27)11-13/h3-4,6-11,29H,2,5H2,1H3. The Labute approximate surface area is 208 Å². The topological polar surface area (TPSA) is 54.4 Å². The van der Waals surface area contributed by atoms with Gasteiger partial charge in [-0.05, 0) is 117 Å². The molecule has 0 amide bonds. The van der Waals surface area contributed by atoms with Gasteiger partial charge in [0.25, 0.3) is 0 Å². The zero-order valence-corrected chi connectivity index (χ0v) is 22.2. The Morgan fingerprint density at radius 2 is 1.47 bits per heavy atom. The molecular formula is C23H16Br4O3. The zero-order valence-electron chi connectivity index (χ0n) is 15.8. The predicted octanol–water partition coefficient (Wildman–Crippen LogP) is 7.84. The van der Waals surface area contributed by atoms with E-state index in [9.17, 15) is 14.7 Å². The van der Waals surface area contributed by atoms with Gasteiger partial charge in [-0.15, -0.1) is 0 Å². The first-order valence-electron chi connectivity index (χ1n) is 9.09. The van der Waals surface area contributed by atoms with Gasteiger partial charge in [-0.1, -0.05) is 31.2 Å². The molecule has 0 atom stereocenters. The zero-order chi connectivity index (χ0) is 22.0. The molecule has 0 saturated heterocycles. The maximum Gasteiger partial charge on any atom is 0.206 e. The Bertz CT molecular complexity index is 1100. The lowest BCUT2D eigenvalue weighted by Gasteiger charge is -2.19. The predicted molar refractivity (Wildman–Crippen MR) is 134 cm³/mol. The molecule has 0 unspecified atom stereocenters. The maximum atomic E-state index is 12.9.